The molecule has 11 heteroatoms. The highest BCUT2D eigenvalue weighted by Gasteiger charge is 2.31. The average molecular weight is 498 g/mol. The Morgan fingerprint density at radius 3 is 2.79 bits per heavy atom. The van der Waals surface area contributed by atoms with E-state index < -0.39 is 10.2 Å². The lowest BCUT2D eigenvalue weighted by molar-refractivity contribution is 0.292. The number of rotatable bonds is 6. The molecule has 34 heavy (non-hydrogen) atoms. The van der Waals surface area contributed by atoms with Crippen LogP contribution in [0.2, 0.25) is 0 Å². The largest absolute Gasteiger partial charge is 0.371 e. The maximum Gasteiger partial charge on any atom is 0.282 e. The van der Waals surface area contributed by atoms with Crippen molar-refractivity contribution in [1.82, 2.24) is 23.3 Å². The number of nitrogens with zero attached hydrogens (tertiary/aromatic N) is 6. The van der Waals surface area contributed by atoms with E-state index >= 15 is 0 Å². The van der Waals surface area contributed by atoms with Crippen molar-refractivity contribution in [2.45, 2.75) is 13.3 Å². The van der Waals surface area contributed by atoms with E-state index in [0.29, 0.717) is 45.1 Å². The van der Waals surface area contributed by atoms with Crippen LogP contribution in [0.25, 0.3) is 21.9 Å². The molecule has 2 aliphatic heterocycles. The minimum absolute atomic E-state index is 0.386. The first-order chi connectivity index (χ1) is 16.6. The fourth-order valence-electron chi connectivity index (χ4n) is 4.23. The van der Waals surface area contributed by atoms with Gasteiger partial charge in [0.1, 0.15) is 11.5 Å². The Hall–Kier alpha value is -2.86. The zero-order chi connectivity index (χ0) is 23.5. The number of nitrogens with one attached hydrogen (secondary N) is 1. The summed E-state index contributed by atoms with van der Waals surface area (Å²) < 4.78 is 30.6. The highest BCUT2D eigenvalue weighted by atomic mass is 32.2. The summed E-state index contributed by atoms with van der Waals surface area (Å²) in [5.74, 6) is 0.700. The third-order valence-electron chi connectivity index (χ3n) is 5.90. The van der Waals surface area contributed by atoms with Crippen molar-refractivity contribution in [3.63, 3.8) is 0 Å². The second kappa shape index (κ2) is 9.79. The number of hydrogen-bond acceptors (Lipinski definition) is 7. The van der Waals surface area contributed by atoms with Crippen LogP contribution in [0, 0.1) is 0 Å². The third kappa shape index (κ3) is 4.43. The van der Waals surface area contributed by atoms with Crippen molar-refractivity contribution >= 4 is 44.3 Å². The van der Waals surface area contributed by atoms with Crippen LogP contribution in [0.5, 0.6) is 0 Å². The SMILES string of the molecule is CCN1CCCN(CCNC2=NC(c3c(-c4ccccc4)nc4sccn34)=CC=NC2)S1(=O)=O. The molecule has 1 fully saturated rings. The van der Waals surface area contributed by atoms with E-state index in [4.69, 9.17) is 9.98 Å². The molecule has 1 N–H and O–H groups in total. The Morgan fingerprint density at radius 2 is 1.97 bits per heavy atom. The lowest BCUT2D eigenvalue weighted by Crippen LogP contribution is -2.51. The molecule has 0 spiro atoms. The molecular formula is C23H27N7O2S2. The van der Waals surface area contributed by atoms with Crippen LogP contribution in [0.3, 0.4) is 0 Å². The van der Waals surface area contributed by atoms with Crippen LogP contribution in [0.1, 0.15) is 19.0 Å². The van der Waals surface area contributed by atoms with Crippen molar-refractivity contribution in [2.24, 2.45) is 9.98 Å². The number of fused-ring (bicyclic) bond motifs is 1. The molecule has 0 saturated carbocycles. The molecule has 2 aliphatic rings. The van der Waals surface area contributed by atoms with Crippen LogP contribution in [0.15, 0.2) is 58.0 Å². The normalized spacial score (nSPS) is 19.1. The highest BCUT2D eigenvalue weighted by Crippen LogP contribution is 2.32. The summed E-state index contributed by atoms with van der Waals surface area (Å²) in [5.41, 5.74) is 3.57. The van der Waals surface area contributed by atoms with Crippen LogP contribution in [0.4, 0.5) is 0 Å². The van der Waals surface area contributed by atoms with Crippen molar-refractivity contribution in [1.29, 1.82) is 0 Å². The van der Waals surface area contributed by atoms with Gasteiger partial charge in [0.15, 0.2) is 4.96 Å². The fraction of sp³-hybridized carbons (Fsp3) is 0.348. The molecule has 0 unspecified atom stereocenters. The van der Waals surface area contributed by atoms with Gasteiger partial charge in [0.2, 0.25) is 0 Å². The minimum Gasteiger partial charge on any atom is -0.371 e. The number of benzene rings is 1. The Bertz CT molecular complexity index is 1360. The summed E-state index contributed by atoms with van der Waals surface area (Å²) in [6, 6.07) is 10.1. The zero-order valence-corrected chi connectivity index (χ0v) is 20.6. The van der Waals surface area contributed by atoms with Gasteiger partial charge in [-0.15, -0.1) is 11.3 Å². The number of aliphatic imine (C=N–C) groups is 2. The van der Waals surface area contributed by atoms with Crippen LogP contribution >= 0.6 is 11.3 Å². The molecule has 0 aliphatic carbocycles. The molecular weight excluding hydrogens is 470 g/mol. The summed E-state index contributed by atoms with van der Waals surface area (Å²) in [7, 11) is -3.39. The summed E-state index contributed by atoms with van der Waals surface area (Å²) in [4.78, 5) is 15.1. The molecule has 1 saturated heterocycles. The minimum atomic E-state index is -3.39. The summed E-state index contributed by atoms with van der Waals surface area (Å²) >= 11 is 1.58. The molecule has 2 aromatic heterocycles. The van der Waals surface area contributed by atoms with E-state index in [1.165, 1.54) is 4.31 Å². The van der Waals surface area contributed by atoms with Crippen molar-refractivity contribution in [3.05, 3.63) is 53.7 Å². The van der Waals surface area contributed by atoms with E-state index in [2.05, 4.69) is 14.7 Å². The monoisotopic (exact) mass is 497 g/mol. The number of thiazole rings is 1. The molecule has 178 valence electrons. The number of aromatic nitrogens is 2. The first-order valence-electron chi connectivity index (χ1n) is 11.4. The molecule has 0 amide bonds. The predicted octanol–water partition coefficient (Wildman–Crippen LogP) is 2.75. The molecule has 1 aromatic carbocycles. The van der Waals surface area contributed by atoms with Crippen molar-refractivity contribution in [2.75, 3.05) is 39.3 Å². The fourth-order valence-corrected chi connectivity index (χ4v) is 6.63. The molecule has 0 bridgehead atoms. The Kier molecular flexibility index (Phi) is 6.59. The van der Waals surface area contributed by atoms with E-state index in [1.54, 1.807) is 21.9 Å². The van der Waals surface area contributed by atoms with E-state index in [1.807, 2.05) is 54.9 Å². The first kappa shape index (κ1) is 22.9. The van der Waals surface area contributed by atoms with Gasteiger partial charge < -0.3 is 5.32 Å². The third-order valence-corrected chi connectivity index (χ3v) is 8.76. The van der Waals surface area contributed by atoms with Crippen molar-refractivity contribution in [3.8, 4) is 11.3 Å². The molecule has 5 rings (SSSR count). The molecule has 3 aromatic rings. The Morgan fingerprint density at radius 1 is 1.15 bits per heavy atom. The van der Waals surface area contributed by atoms with Gasteiger partial charge in [-0.1, -0.05) is 37.3 Å². The van der Waals surface area contributed by atoms with Gasteiger partial charge >= 0.3 is 0 Å². The van der Waals surface area contributed by atoms with Crippen LogP contribution in [-0.2, 0) is 10.2 Å². The van der Waals surface area contributed by atoms with E-state index in [9.17, 15) is 8.42 Å². The Labute approximate surface area is 203 Å². The predicted molar refractivity (Wildman–Crippen MR) is 138 cm³/mol. The van der Waals surface area contributed by atoms with Gasteiger partial charge in [0, 0.05) is 56.1 Å². The molecule has 4 heterocycles. The highest BCUT2D eigenvalue weighted by molar-refractivity contribution is 7.86. The summed E-state index contributed by atoms with van der Waals surface area (Å²) in [6.45, 7) is 4.75. The first-order valence-corrected chi connectivity index (χ1v) is 13.6. The average Bonchev–Trinajstić information content (AvgIpc) is 3.35. The van der Waals surface area contributed by atoms with Crippen LogP contribution < -0.4 is 5.32 Å². The van der Waals surface area contributed by atoms with Gasteiger partial charge in [-0.3, -0.25) is 9.39 Å². The second-order valence-electron chi connectivity index (χ2n) is 8.01. The lowest BCUT2D eigenvalue weighted by atomic mass is 10.1. The van der Waals surface area contributed by atoms with E-state index in [-0.39, 0.29) is 0 Å². The second-order valence-corrected chi connectivity index (χ2v) is 10.8. The summed E-state index contributed by atoms with van der Waals surface area (Å²) in [5, 5.41) is 5.32. The quantitative estimate of drug-likeness (QED) is 0.567. The van der Waals surface area contributed by atoms with Gasteiger partial charge in [-0.25, -0.2) is 9.98 Å². The smallest absolute Gasteiger partial charge is 0.282 e. The van der Waals surface area contributed by atoms with Crippen molar-refractivity contribution < 1.29 is 8.42 Å². The standard InChI is InChI=1S/C23H27N7O2S2/c1-2-28-12-6-13-29(34(28,31)32)14-11-25-20-17-24-10-9-19(26-20)22-21(18-7-4-3-5-8-18)27-23-30(22)15-16-33-23/h3-5,7-10,15-16H,2,6,11-14,17H2,1H3,(H,25,26). The van der Waals surface area contributed by atoms with E-state index in [0.717, 1.165) is 34.0 Å². The lowest BCUT2D eigenvalue weighted by Gasteiger charge is -2.34. The zero-order valence-electron chi connectivity index (χ0n) is 19.0. The topological polar surface area (TPSA) is 94.7 Å². The van der Waals surface area contributed by atoms with Gasteiger partial charge in [-0.2, -0.15) is 17.0 Å². The number of hydrogen-bond donors (Lipinski definition) is 1. The molecule has 9 nitrogen and oxygen atoms in total. The maximum atomic E-state index is 12.7. The molecule has 0 radical (unpaired) electrons. The maximum absolute atomic E-state index is 12.7. The number of allylic oxidation sites excluding steroid dienone is 1. The van der Waals surface area contributed by atoms with Gasteiger partial charge in [0.05, 0.1) is 17.9 Å². The Balaban J connectivity index is 1.38. The van der Waals surface area contributed by atoms with Gasteiger partial charge in [-0.05, 0) is 12.5 Å². The number of amidine groups is 1. The summed E-state index contributed by atoms with van der Waals surface area (Å²) in [6.07, 6.45) is 6.50. The van der Waals surface area contributed by atoms with Crippen LogP contribution in [-0.4, -0.2) is 77.7 Å². The number of imidazole rings is 1. The molecule has 0 atom stereocenters. The van der Waals surface area contributed by atoms with Gasteiger partial charge in [0.25, 0.3) is 10.2 Å².